The Bertz CT molecular complexity index is 454. The average molecular weight is 298 g/mol. The minimum Gasteiger partial charge on any atom is -0.486 e. The molecule has 0 fully saturated rings. The van der Waals surface area contributed by atoms with Gasteiger partial charge in [-0.05, 0) is 25.5 Å². The van der Waals surface area contributed by atoms with E-state index < -0.39 is 11.9 Å². The summed E-state index contributed by atoms with van der Waals surface area (Å²) in [5.41, 5.74) is 0. The summed E-state index contributed by atoms with van der Waals surface area (Å²) in [7, 11) is 1.60. The van der Waals surface area contributed by atoms with Crippen LogP contribution in [-0.4, -0.2) is 48.4 Å². The molecule has 0 aliphatic rings. The zero-order valence-electron chi connectivity index (χ0n) is 12.7. The highest BCUT2D eigenvalue weighted by molar-refractivity contribution is 5.73. The van der Waals surface area contributed by atoms with E-state index in [2.05, 4.69) is 5.32 Å². The predicted molar refractivity (Wildman–Crippen MR) is 78.8 cm³/mol. The molecule has 0 saturated carbocycles. The fraction of sp³-hybridized carbons (Fsp3) is 0.533. The molecule has 1 aromatic rings. The molecule has 2 atom stereocenters. The second kappa shape index (κ2) is 8.46. The molecule has 0 aromatic heterocycles. The maximum Gasteiger partial charge on any atom is 0.317 e. The summed E-state index contributed by atoms with van der Waals surface area (Å²) in [5.74, 6) is -0.246. The predicted octanol–water partition coefficient (Wildman–Crippen LogP) is 2.01. The topological polar surface area (TPSA) is 61.8 Å². The van der Waals surface area contributed by atoms with Crippen molar-refractivity contribution >= 4 is 6.03 Å². The Morgan fingerprint density at radius 2 is 2.14 bits per heavy atom. The van der Waals surface area contributed by atoms with Crippen LogP contribution in [0, 0.1) is 5.82 Å². The van der Waals surface area contributed by atoms with Crippen LogP contribution < -0.4 is 10.1 Å². The van der Waals surface area contributed by atoms with E-state index in [4.69, 9.17) is 4.74 Å². The first kappa shape index (κ1) is 17.2. The Morgan fingerprint density at radius 1 is 1.48 bits per heavy atom. The summed E-state index contributed by atoms with van der Waals surface area (Å²) in [5, 5.41) is 11.9. The normalized spacial score (nSPS) is 13.4. The lowest BCUT2D eigenvalue weighted by atomic mass is 10.2. The summed E-state index contributed by atoms with van der Waals surface area (Å²) in [6.45, 7) is 4.03. The number of likely N-dealkylation sites (N-methyl/N-ethyl adjacent to an activating group) is 1. The Hall–Kier alpha value is -1.82. The number of ether oxygens (including phenoxy) is 1. The standard InChI is InChI=1S/C15H23FN2O3/c1-4-12(21-14-8-6-5-7-13(14)16)9-17-15(20)18(3)10-11(2)19/h5-8,11-12,19H,4,9-10H2,1-3H3,(H,17,20). The van der Waals surface area contributed by atoms with Crippen LogP contribution in [0.15, 0.2) is 24.3 Å². The lowest BCUT2D eigenvalue weighted by Crippen LogP contribution is -2.44. The third-order valence-electron chi connectivity index (χ3n) is 2.95. The number of carbonyl (C=O) groups excluding carboxylic acids is 1. The molecule has 0 aliphatic heterocycles. The lowest BCUT2D eigenvalue weighted by molar-refractivity contribution is 0.139. The molecule has 2 N–H and O–H groups in total. The quantitative estimate of drug-likeness (QED) is 0.809. The number of para-hydroxylation sites is 1. The van der Waals surface area contributed by atoms with Gasteiger partial charge >= 0.3 is 6.03 Å². The van der Waals surface area contributed by atoms with Gasteiger partial charge in [0.15, 0.2) is 11.6 Å². The highest BCUT2D eigenvalue weighted by atomic mass is 19.1. The van der Waals surface area contributed by atoms with Crippen molar-refractivity contribution in [2.24, 2.45) is 0 Å². The van der Waals surface area contributed by atoms with Gasteiger partial charge in [-0.25, -0.2) is 9.18 Å². The van der Waals surface area contributed by atoms with Crippen molar-refractivity contribution in [1.82, 2.24) is 10.2 Å². The van der Waals surface area contributed by atoms with E-state index in [1.165, 1.54) is 11.0 Å². The number of carbonyl (C=O) groups is 1. The second-order valence-electron chi connectivity index (χ2n) is 4.99. The maximum atomic E-state index is 13.5. The van der Waals surface area contributed by atoms with Crippen LogP contribution >= 0.6 is 0 Å². The molecule has 0 spiro atoms. The van der Waals surface area contributed by atoms with E-state index in [9.17, 15) is 14.3 Å². The Morgan fingerprint density at radius 3 is 2.71 bits per heavy atom. The van der Waals surface area contributed by atoms with Gasteiger partial charge in [0.2, 0.25) is 0 Å². The van der Waals surface area contributed by atoms with Crippen LogP contribution in [0.3, 0.4) is 0 Å². The van der Waals surface area contributed by atoms with E-state index in [1.807, 2.05) is 6.92 Å². The molecular formula is C15H23FN2O3. The summed E-state index contributed by atoms with van der Waals surface area (Å²) in [4.78, 5) is 13.2. The number of aliphatic hydroxyl groups excluding tert-OH is 1. The van der Waals surface area contributed by atoms with Gasteiger partial charge in [-0.3, -0.25) is 0 Å². The van der Waals surface area contributed by atoms with Crippen LogP contribution in [-0.2, 0) is 0 Å². The number of rotatable bonds is 7. The van der Waals surface area contributed by atoms with Crippen LogP contribution in [0.2, 0.25) is 0 Å². The van der Waals surface area contributed by atoms with E-state index in [-0.39, 0.29) is 31.0 Å². The molecular weight excluding hydrogens is 275 g/mol. The smallest absolute Gasteiger partial charge is 0.317 e. The van der Waals surface area contributed by atoms with Crippen molar-refractivity contribution in [2.45, 2.75) is 32.5 Å². The molecule has 6 heteroatoms. The van der Waals surface area contributed by atoms with E-state index in [0.29, 0.717) is 6.42 Å². The summed E-state index contributed by atoms with van der Waals surface area (Å²) in [6, 6.07) is 5.87. The largest absolute Gasteiger partial charge is 0.486 e. The van der Waals surface area contributed by atoms with Gasteiger partial charge < -0.3 is 20.1 Å². The molecule has 0 bridgehead atoms. The highest BCUT2D eigenvalue weighted by Gasteiger charge is 2.15. The molecule has 0 saturated heterocycles. The minimum atomic E-state index is -0.586. The zero-order chi connectivity index (χ0) is 15.8. The monoisotopic (exact) mass is 298 g/mol. The molecule has 2 amide bonds. The molecule has 1 aromatic carbocycles. The van der Waals surface area contributed by atoms with Crippen molar-refractivity contribution in [1.29, 1.82) is 0 Å². The van der Waals surface area contributed by atoms with Gasteiger partial charge in [0, 0.05) is 13.6 Å². The molecule has 0 radical (unpaired) electrons. The van der Waals surface area contributed by atoms with Gasteiger partial charge in [0.05, 0.1) is 12.6 Å². The van der Waals surface area contributed by atoms with Crippen LogP contribution in [0.1, 0.15) is 20.3 Å². The van der Waals surface area contributed by atoms with E-state index >= 15 is 0 Å². The second-order valence-corrected chi connectivity index (χ2v) is 4.99. The number of halogens is 1. The van der Waals surface area contributed by atoms with Crippen LogP contribution in [0.5, 0.6) is 5.75 Å². The van der Waals surface area contributed by atoms with Crippen LogP contribution in [0.4, 0.5) is 9.18 Å². The first-order valence-electron chi connectivity index (χ1n) is 7.02. The van der Waals surface area contributed by atoms with Crippen LogP contribution in [0.25, 0.3) is 0 Å². The average Bonchev–Trinajstić information content (AvgIpc) is 2.44. The molecule has 0 heterocycles. The number of amides is 2. The van der Waals surface area contributed by atoms with Crippen molar-refractivity contribution in [3.05, 3.63) is 30.1 Å². The van der Waals surface area contributed by atoms with Gasteiger partial charge in [-0.1, -0.05) is 19.1 Å². The van der Waals surface area contributed by atoms with Gasteiger partial charge in [0.1, 0.15) is 6.10 Å². The summed E-state index contributed by atoms with van der Waals surface area (Å²) < 4.78 is 19.1. The van der Waals surface area contributed by atoms with Gasteiger partial charge in [0.25, 0.3) is 0 Å². The Kier molecular flexibility index (Phi) is 6.94. The molecule has 0 aliphatic carbocycles. The lowest BCUT2D eigenvalue weighted by Gasteiger charge is -2.22. The number of aliphatic hydroxyl groups is 1. The minimum absolute atomic E-state index is 0.177. The number of urea groups is 1. The van der Waals surface area contributed by atoms with Crippen molar-refractivity contribution in [3.63, 3.8) is 0 Å². The number of hydrogen-bond acceptors (Lipinski definition) is 3. The number of nitrogens with zero attached hydrogens (tertiary/aromatic N) is 1. The SMILES string of the molecule is CCC(CNC(=O)N(C)CC(C)O)Oc1ccccc1F. The number of benzene rings is 1. The third-order valence-corrected chi connectivity index (χ3v) is 2.95. The first-order valence-corrected chi connectivity index (χ1v) is 7.02. The summed E-state index contributed by atoms with van der Waals surface area (Å²) in [6.07, 6.45) is -0.266. The van der Waals surface area contributed by atoms with E-state index in [1.54, 1.807) is 32.2 Å². The van der Waals surface area contributed by atoms with E-state index in [0.717, 1.165) is 0 Å². The van der Waals surface area contributed by atoms with Gasteiger partial charge in [-0.2, -0.15) is 0 Å². The first-order chi connectivity index (χ1) is 9.93. The molecule has 21 heavy (non-hydrogen) atoms. The maximum absolute atomic E-state index is 13.5. The molecule has 2 unspecified atom stereocenters. The van der Waals surface area contributed by atoms with Crippen molar-refractivity contribution in [3.8, 4) is 5.75 Å². The number of nitrogens with one attached hydrogen (secondary N) is 1. The zero-order valence-corrected chi connectivity index (χ0v) is 12.7. The molecule has 1 rings (SSSR count). The Labute approximate surface area is 124 Å². The Balaban J connectivity index is 2.48. The fourth-order valence-corrected chi connectivity index (χ4v) is 1.80. The highest BCUT2D eigenvalue weighted by Crippen LogP contribution is 2.17. The third kappa shape index (κ3) is 5.99. The summed E-state index contributed by atoms with van der Waals surface area (Å²) >= 11 is 0. The van der Waals surface area contributed by atoms with Crippen molar-refractivity contribution < 1.29 is 19.0 Å². The number of hydrogen-bond donors (Lipinski definition) is 2. The van der Waals surface area contributed by atoms with Gasteiger partial charge in [-0.15, -0.1) is 0 Å². The fourth-order valence-electron chi connectivity index (χ4n) is 1.80. The van der Waals surface area contributed by atoms with Crippen molar-refractivity contribution in [2.75, 3.05) is 20.1 Å². The molecule has 5 nitrogen and oxygen atoms in total. The molecule has 118 valence electrons.